The smallest absolute Gasteiger partial charge is 0.251 e. The highest BCUT2D eigenvalue weighted by Gasteiger charge is 2.32. The fraction of sp³-hybridized carbons (Fsp3) is 0.367. The standard InChI is InChI=1S/C30H35N3O7S/c34-19-22-10-12-23(13-11-22)26-17-25(20-41-29-7-3-4-16-33(29)38)39-30(40-26)24-14-8-21(9-15-24)18-31-27(35)5-1-2-6-28(36)32-37/h3-4,7-16,25-26,30,34,37H,1-2,5-6,17-20H2,(H,31,35)(H,32,36)/t25-,26+,30+/m1/s1. The number of amides is 2. The van der Waals surface area contributed by atoms with Crippen LogP contribution in [0.2, 0.25) is 0 Å². The highest BCUT2D eigenvalue weighted by molar-refractivity contribution is 7.99. The zero-order valence-corrected chi connectivity index (χ0v) is 23.4. The number of unbranched alkanes of at least 4 members (excludes halogenated alkanes) is 1. The number of carbonyl (C=O) groups excluding carboxylic acids is 2. The number of pyridine rings is 1. The van der Waals surface area contributed by atoms with Gasteiger partial charge < -0.3 is 25.1 Å². The molecule has 0 aliphatic carbocycles. The van der Waals surface area contributed by atoms with Crippen LogP contribution in [0.15, 0.2) is 78.0 Å². The molecule has 0 unspecified atom stereocenters. The number of thioether (sulfide) groups is 1. The lowest BCUT2D eigenvalue weighted by Gasteiger charge is -2.36. The van der Waals surface area contributed by atoms with Crippen molar-refractivity contribution in [3.8, 4) is 0 Å². The van der Waals surface area contributed by atoms with Gasteiger partial charge in [-0.25, -0.2) is 5.48 Å². The van der Waals surface area contributed by atoms with Crippen molar-refractivity contribution in [2.75, 3.05) is 5.75 Å². The number of nitrogens with zero attached hydrogens (tertiary/aromatic N) is 1. The first-order valence-corrected chi connectivity index (χ1v) is 14.5. The van der Waals surface area contributed by atoms with Gasteiger partial charge in [-0.15, -0.1) is 0 Å². The van der Waals surface area contributed by atoms with E-state index in [2.05, 4.69) is 5.32 Å². The Balaban J connectivity index is 1.37. The number of rotatable bonds is 13. The van der Waals surface area contributed by atoms with E-state index in [9.17, 15) is 19.9 Å². The maximum absolute atomic E-state index is 12.1. The molecule has 1 fully saturated rings. The maximum Gasteiger partial charge on any atom is 0.251 e. The SMILES string of the molecule is O=C(CCCCC(=O)NCc1ccc([C@H]2O[C@@H](CSc3cccc[n+]3[O-])C[C@@H](c3ccc(CO)cc3)O2)cc1)NO. The Hall–Kier alpha value is -3.48. The summed E-state index contributed by atoms with van der Waals surface area (Å²) in [5.41, 5.74) is 5.15. The van der Waals surface area contributed by atoms with Gasteiger partial charge in [-0.05, 0) is 35.6 Å². The Morgan fingerprint density at radius 2 is 1.61 bits per heavy atom. The first kappa shape index (κ1) is 30.5. The second-order valence-electron chi connectivity index (χ2n) is 9.79. The van der Waals surface area contributed by atoms with Crippen molar-refractivity contribution in [1.82, 2.24) is 10.8 Å². The summed E-state index contributed by atoms with van der Waals surface area (Å²) in [5.74, 6) is 0.0106. The van der Waals surface area contributed by atoms with Gasteiger partial charge in [-0.1, -0.05) is 60.3 Å². The molecule has 2 aromatic carbocycles. The van der Waals surface area contributed by atoms with Crippen LogP contribution >= 0.6 is 11.8 Å². The Morgan fingerprint density at radius 3 is 2.29 bits per heavy atom. The van der Waals surface area contributed by atoms with Crippen molar-refractivity contribution in [1.29, 1.82) is 0 Å². The molecule has 1 aromatic heterocycles. The van der Waals surface area contributed by atoms with E-state index in [0.717, 1.165) is 27.0 Å². The molecule has 1 aliphatic rings. The summed E-state index contributed by atoms with van der Waals surface area (Å²) in [6.07, 6.45) is 2.61. The van der Waals surface area contributed by atoms with Gasteiger partial charge in [0.2, 0.25) is 11.8 Å². The predicted molar refractivity (Wildman–Crippen MR) is 151 cm³/mol. The summed E-state index contributed by atoms with van der Waals surface area (Å²) in [5, 5.41) is 33.5. The third kappa shape index (κ3) is 9.27. The molecule has 1 saturated heterocycles. The third-order valence-electron chi connectivity index (χ3n) is 6.74. The molecular formula is C30H35N3O7S. The van der Waals surface area contributed by atoms with Crippen LogP contribution in [0.25, 0.3) is 0 Å². The Labute approximate surface area is 243 Å². The van der Waals surface area contributed by atoms with Crippen molar-refractivity contribution >= 4 is 23.6 Å². The summed E-state index contributed by atoms with van der Waals surface area (Å²) >= 11 is 1.44. The maximum atomic E-state index is 12.1. The molecule has 1 aliphatic heterocycles. The molecule has 41 heavy (non-hydrogen) atoms. The molecule has 0 saturated carbocycles. The van der Waals surface area contributed by atoms with Crippen LogP contribution < -0.4 is 15.5 Å². The van der Waals surface area contributed by atoms with E-state index in [4.69, 9.17) is 14.7 Å². The lowest BCUT2D eigenvalue weighted by atomic mass is 10.0. The fourth-order valence-electron chi connectivity index (χ4n) is 4.43. The van der Waals surface area contributed by atoms with Crippen LogP contribution in [0, 0.1) is 5.21 Å². The minimum Gasteiger partial charge on any atom is -0.618 e. The highest BCUT2D eigenvalue weighted by Crippen LogP contribution is 2.39. The van der Waals surface area contributed by atoms with Gasteiger partial charge in [0, 0.05) is 49.3 Å². The molecule has 0 spiro atoms. The Kier molecular flexibility index (Phi) is 11.5. The van der Waals surface area contributed by atoms with E-state index in [0.29, 0.717) is 43.0 Å². The topological polar surface area (TPSA) is 144 Å². The number of nitrogens with one attached hydrogen (secondary N) is 2. The number of hydrogen-bond acceptors (Lipinski definition) is 8. The fourth-order valence-corrected chi connectivity index (χ4v) is 5.37. The van der Waals surface area contributed by atoms with Crippen molar-refractivity contribution in [3.63, 3.8) is 0 Å². The Bertz CT molecular complexity index is 1270. The van der Waals surface area contributed by atoms with Crippen LogP contribution in [0.5, 0.6) is 0 Å². The molecule has 2 amide bonds. The van der Waals surface area contributed by atoms with Gasteiger partial charge in [0.1, 0.15) is 0 Å². The van der Waals surface area contributed by atoms with E-state index < -0.39 is 12.2 Å². The lowest BCUT2D eigenvalue weighted by Crippen LogP contribution is -2.32. The van der Waals surface area contributed by atoms with Gasteiger partial charge >= 0.3 is 0 Å². The zero-order chi connectivity index (χ0) is 29.0. The van der Waals surface area contributed by atoms with Crippen molar-refractivity contribution < 1.29 is 34.1 Å². The molecular weight excluding hydrogens is 546 g/mol. The zero-order valence-electron chi connectivity index (χ0n) is 22.6. The van der Waals surface area contributed by atoms with E-state index in [1.807, 2.05) is 54.6 Å². The van der Waals surface area contributed by atoms with E-state index in [1.54, 1.807) is 17.6 Å². The van der Waals surface area contributed by atoms with Crippen LogP contribution in [0.4, 0.5) is 0 Å². The average Bonchev–Trinajstić information content (AvgIpc) is 3.01. The van der Waals surface area contributed by atoms with Gasteiger partial charge in [-0.3, -0.25) is 14.8 Å². The number of aliphatic hydroxyl groups excluding tert-OH is 1. The number of aliphatic hydroxyl groups is 1. The molecule has 0 radical (unpaired) electrons. The predicted octanol–water partition coefficient (Wildman–Crippen LogP) is 3.83. The largest absolute Gasteiger partial charge is 0.618 e. The molecule has 3 atom stereocenters. The van der Waals surface area contributed by atoms with Gasteiger partial charge in [0.05, 0.1) is 18.8 Å². The number of benzene rings is 2. The summed E-state index contributed by atoms with van der Waals surface area (Å²) in [4.78, 5) is 23.2. The molecule has 4 rings (SSSR count). The first-order valence-electron chi connectivity index (χ1n) is 13.5. The summed E-state index contributed by atoms with van der Waals surface area (Å²) in [7, 11) is 0. The van der Waals surface area contributed by atoms with Crippen molar-refractivity contribution in [3.05, 3.63) is 100 Å². The highest BCUT2D eigenvalue weighted by atomic mass is 32.2. The minimum atomic E-state index is -0.619. The monoisotopic (exact) mass is 581 g/mol. The summed E-state index contributed by atoms with van der Waals surface area (Å²) in [6.45, 7) is 0.340. The second kappa shape index (κ2) is 15.5. The van der Waals surface area contributed by atoms with Crippen molar-refractivity contribution in [2.45, 2.75) is 68.8 Å². The average molecular weight is 582 g/mol. The normalized spacial score (nSPS) is 18.5. The van der Waals surface area contributed by atoms with Crippen LogP contribution in [0.1, 0.15) is 66.8 Å². The van der Waals surface area contributed by atoms with Gasteiger partial charge in [0.15, 0.2) is 12.5 Å². The summed E-state index contributed by atoms with van der Waals surface area (Å²) < 4.78 is 13.6. The number of carbonyl (C=O) groups is 2. The molecule has 4 N–H and O–H groups in total. The Morgan fingerprint density at radius 1 is 0.927 bits per heavy atom. The number of hydrogen-bond donors (Lipinski definition) is 4. The van der Waals surface area contributed by atoms with Crippen LogP contribution in [-0.2, 0) is 32.2 Å². The molecule has 0 bridgehead atoms. The van der Waals surface area contributed by atoms with Gasteiger partial charge in [0.25, 0.3) is 5.03 Å². The molecule has 11 heteroatoms. The van der Waals surface area contributed by atoms with E-state index >= 15 is 0 Å². The quantitative estimate of drug-likeness (QED) is 0.0596. The first-order chi connectivity index (χ1) is 19.9. The minimum absolute atomic E-state index is 0.0285. The van der Waals surface area contributed by atoms with Crippen LogP contribution in [0.3, 0.4) is 0 Å². The number of ether oxygens (including phenoxy) is 2. The second-order valence-corrected chi connectivity index (χ2v) is 10.8. The molecule has 10 nitrogen and oxygen atoms in total. The van der Waals surface area contributed by atoms with Crippen molar-refractivity contribution in [2.24, 2.45) is 0 Å². The van der Waals surface area contributed by atoms with E-state index in [-0.39, 0.29) is 31.1 Å². The van der Waals surface area contributed by atoms with Crippen LogP contribution in [-0.4, -0.2) is 34.0 Å². The third-order valence-corrected chi connectivity index (χ3v) is 7.89. The molecule has 3 aromatic rings. The summed E-state index contributed by atoms with van der Waals surface area (Å²) in [6, 6.07) is 20.7. The molecule has 2 heterocycles. The lowest BCUT2D eigenvalue weighted by molar-refractivity contribution is -0.645. The number of hydroxylamine groups is 1. The molecule has 218 valence electrons. The van der Waals surface area contributed by atoms with E-state index in [1.165, 1.54) is 18.0 Å². The van der Waals surface area contributed by atoms with Gasteiger partial charge in [-0.2, -0.15) is 4.73 Å². The number of aromatic nitrogens is 1.